The molecule has 1 heterocycles. The number of aryl methyl sites for hydroxylation is 2. The van der Waals surface area contributed by atoms with Gasteiger partial charge in [-0.15, -0.1) is 11.3 Å². The van der Waals surface area contributed by atoms with Crippen molar-refractivity contribution in [1.29, 1.82) is 0 Å². The van der Waals surface area contributed by atoms with Gasteiger partial charge in [-0.25, -0.2) is 0 Å². The molecule has 3 nitrogen and oxygen atoms in total. The quantitative estimate of drug-likeness (QED) is 0.785. The Morgan fingerprint density at radius 1 is 1.35 bits per heavy atom. The minimum absolute atomic E-state index is 0.0364. The van der Waals surface area contributed by atoms with Gasteiger partial charge in [0, 0.05) is 22.7 Å². The molecular formula is C15H17BrN2OS. The summed E-state index contributed by atoms with van der Waals surface area (Å²) in [5, 5.41) is 2.92. The maximum atomic E-state index is 11.9. The number of hydrogen-bond donors (Lipinski definition) is 2. The number of rotatable bonds is 5. The summed E-state index contributed by atoms with van der Waals surface area (Å²) < 4.78 is 1.13. The van der Waals surface area contributed by atoms with Gasteiger partial charge in [0.05, 0.1) is 3.79 Å². The molecule has 0 aliphatic heterocycles. The van der Waals surface area contributed by atoms with Gasteiger partial charge in [0.15, 0.2) is 0 Å². The Morgan fingerprint density at radius 2 is 2.15 bits per heavy atom. The Hall–Kier alpha value is -1.33. The molecule has 1 amide bonds. The van der Waals surface area contributed by atoms with E-state index in [0.717, 1.165) is 27.9 Å². The Bertz CT molecular complexity index is 610. The van der Waals surface area contributed by atoms with E-state index in [1.807, 2.05) is 25.1 Å². The number of thiophene rings is 1. The fourth-order valence-corrected chi connectivity index (χ4v) is 3.42. The van der Waals surface area contributed by atoms with Crippen molar-refractivity contribution in [1.82, 2.24) is 0 Å². The number of carbonyl (C=O) groups is 1. The van der Waals surface area contributed by atoms with Gasteiger partial charge in [0.1, 0.15) is 0 Å². The van der Waals surface area contributed by atoms with Crippen molar-refractivity contribution >= 4 is 44.5 Å². The lowest BCUT2D eigenvalue weighted by atomic mass is 10.1. The molecule has 0 fully saturated rings. The van der Waals surface area contributed by atoms with Crippen molar-refractivity contribution in [2.75, 3.05) is 11.1 Å². The first-order chi connectivity index (χ1) is 9.54. The first kappa shape index (κ1) is 15.1. The largest absolute Gasteiger partial charge is 0.399 e. The van der Waals surface area contributed by atoms with E-state index in [0.29, 0.717) is 12.1 Å². The Labute approximate surface area is 131 Å². The number of hydrogen-bond acceptors (Lipinski definition) is 3. The summed E-state index contributed by atoms with van der Waals surface area (Å²) in [5.41, 5.74) is 8.21. The summed E-state index contributed by atoms with van der Waals surface area (Å²) in [4.78, 5) is 13.2. The summed E-state index contributed by atoms with van der Waals surface area (Å²) in [7, 11) is 0. The van der Waals surface area contributed by atoms with Crippen molar-refractivity contribution in [3.8, 4) is 0 Å². The van der Waals surface area contributed by atoms with Crippen LogP contribution in [0.1, 0.15) is 23.3 Å². The van der Waals surface area contributed by atoms with E-state index in [1.165, 1.54) is 4.88 Å². The average molecular weight is 353 g/mol. The third-order valence-corrected chi connectivity index (χ3v) is 4.68. The summed E-state index contributed by atoms with van der Waals surface area (Å²) in [6.07, 6.45) is 2.30. The Kier molecular flexibility index (Phi) is 5.20. The third-order valence-electron chi connectivity index (χ3n) is 2.99. The first-order valence-electron chi connectivity index (χ1n) is 6.45. The molecule has 1 aromatic heterocycles. The van der Waals surface area contributed by atoms with E-state index < -0.39 is 0 Å². The van der Waals surface area contributed by atoms with Gasteiger partial charge < -0.3 is 11.1 Å². The van der Waals surface area contributed by atoms with E-state index in [9.17, 15) is 4.79 Å². The van der Waals surface area contributed by atoms with Crippen LogP contribution < -0.4 is 11.1 Å². The molecule has 2 aromatic rings. The topological polar surface area (TPSA) is 55.1 Å². The molecule has 0 unspecified atom stereocenters. The van der Waals surface area contributed by atoms with Gasteiger partial charge >= 0.3 is 0 Å². The number of benzene rings is 1. The van der Waals surface area contributed by atoms with Gasteiger partial charge in [0.2, 0.25) is 5.91 Å². The van der Waals surface area contributed by atoms with Crippen LogP contribution in [0.5, 0.6) is 0 Å². The normalized spacial score (nSPS) is 10.5. The lowest BCUT2D eigenvalue weighted by molar-refractivity contribution is -0.116. The van der Waals surface area contributed by atoms with Gasteiger partial charge in [-0.05, 0) is 65.5 Å². The molecule has 5 heteroatoms. The number of anilines is 2. The van der Waals surface area contributed by atoms with E-state index in [2.05, 4.69) is 27.3 Å². The zero-order chi connectivity index (χ0) is 14.5. The smallest absolute Gasteiger partial charge is 0.224 e. The van der Waals surface area contributed by atoms with Crippen LogP contribution in [-0.4, -0.2) is 5.91 Å². The Balaban J connectivity index is 1.82. The number of nitrogens with two attached hydrogens (primary N) is 1. The van der Waals surface area contributed by atoms with Crippen LogP contribution in [0.3, 0.4) is 0 Å². The van der Waals surface area contributed by atoms with Crippen LogP contribution in [0.2, 0.25) is 0 Å². The van der Waals surface area contributed by atoms with Crippen LogP contribution in [0.15, 0.2) is 34.1 Å². The molecule has 106 valence electrons. The van der Waals surface area contributed by atoms with Crippen molar-refractivity contribution < 1.29 is 4.79 Å². The Morgan fingerprint density at radius 3 is 2.85 bits per heavy atom. The van der Waals surface area contributed by atoms with Crippen molar-refractivity contribution in [2.45, 2.75) is 26.2 Å². The minimum Gasteiger partial charge on any atom is -0.399 e. The van der Waals surface area contributed by atoms with E-state index in [4.69, 9.17) is 5.73 Å². The van der Waals surface area contributed by atoms with Gasteiger partial charge in [-0.2, -0.15) is 0 Å². The molecule has 0 saturated carbocycles. The molecule has 0 aliphatic carbocycles. The number of halogens is 1. The van der Waals surface area contributed by atoms with Crippen molar-refractivity contribution in [3.63, 3.8) is 0 Å². The average Bonchev–Trinajstić information content (AvgIpc) is 2.80. The molecular weight excluding hydrogens is 336 g/mol. The number of nitrogens with one attached hydrogen (secondary N) is 1. The second-order valence-corrected chi connectivity index (χ2v) is 7.23. The molecule has 0 spiro atoms. The molecule has 0 radical (unpaired) electrons. The van der Waals surface area contributed by atoms with Crippen LogP contribution in [0, 0.1) is 6.92 Å². The number of amides is 1. The van der Waals surface area contributed by atoms with Crippen LogP contribution in [0.25, 0.3) is 0 Å². The molecule has 2 rings (SSSR count). The maximum absolute atomic E-state index is 11.9. The van der Waals surface area contributed by atoms with Gasteiger partial charge in [0.25, 0.3) is 0 Å². The zero-order valence-corrected chi connectivity index (χ0v) is 13.7. The molecule has 3 N–H and O–H groups in total. The predicted molar refractivity (Wildman–Crippen MR) is 89.2 cm³/mol. The highest BCUT2D eigenvalue weighted by Gasteiger charge is 2.06. The fourth-order valence-electron chi connectivity index (χ4n) is 1.90. The van der Waals surface area contributed by atoms with Crippen LogP contribution >= 0.6 is 27.3 Å². The van der Waals surface area contributed by atoms with E-state index in [1.54, 1.807) is 17.4 Å². The molecule has 0 aliphatic rings. The highest BCUT2D eigenvalue weighted by molar-refractivity contribution is 9.11. The molecule has 20 heavy (non-hydrogen) atoms. The zero-order valence-electron chi connectivity index (χ0n) is 11.3. The summed E-state index contributed by atoms with van der Waals surface area (Å²) in [6.45, 7) is 1.96. The summed E-state index contributed by atoms with van der Waals surface area (Å²) in [5.74, 6) is 0.0364. The summed E-state index contributed by atoms with van der Waals surface area (Å²) in [6, 6.07) is 9.67. The lowest BCUT2D eigenvalue weighted by Crippen LogP contribution is -2.12. The van der Waals surface area contributed by atoms with E-state index in [-0.39, 0.29) is 5.91 Å². The lowest BCUT2D eigenvalue weighted by Gasteiger charge is -2.09. The fraction of sp³-hybridized carbons (Fsp3) is 0.267. The second-order valence-electron chi connectivity index (χ2n) is 4.68. The van der Waals surface area contributed by atoms with Crippen molar-refractivity contribution in [2.24, 2.45) is 0 Å². The highest BCUT2D eigenvalue weighted by atomic mass is 79.9. The molecule has 0 atom stereocenters. The standard InChI is InChI=1S/C15H17BrN2OS/c1-10-5-6-11(17)9-13(10)18-15(19)4-2-3-12-7-8-14(16)20-12/h5-9H,2-4,17H2,1H3,(H,18,19). The van der Waals surface area contributed by atoms with E-state index >= 15 is 0 Å². The molecule has 1 aromatic carbocycles. The maximum Gasteiger partial charge on any atom is 0.224 e. The second kappa shape index (κ2) is 6.90. The minimum atomic E-state index is 0.0364. The van der Waals surface area contributed by atoms with Crippen LogP contribution in [0.4, 0.5) is 11.4 Å². The predicted octanol–water partition coefficient (Wildman–Crippen LogP) is 4.36. The van der Waals surface area contributed by atoms with Gasteiger partial charge in [-0.3, -0.25) is 4.79 Å². The van der Waals surface area contributed by atoms with Gasteiger partial charge in [-0.1, -0.05) is 6.07 Å². The van der Waals surface area contributed by atoms with Crippen LogP contribution in [-0.2, 0) is 11.2 Å². The SMILES string of the molecule is Cc1ccc(N)cc1NC(=O)CCCc1ccc(Br)s1. The molecule has 0 saturated heterocycles. The van der Waals surface area contributed by atoms with Crippen molar-refractivity contribution in [3.05, 3.63) is 44.6 Å². The summed E-state index contributed by atoms with van der Waals surface area (Å²) >= 11 is 5.16. The monoisotopic (exact) mass is 352 g/mol. The third kappa shape index (κ3) is 4.35. The highest BCUT2D eigenvalue weighted by Crippen LogP contribution is 2.23. The number of carbonyl (C=O) groups excluding carboxylic acids is 1. The molecule has 0 bridgehead atoms. The number of nitrogen functional groups attached to an aromatic ring is 1. The first-order valence-corrected chi connectivity index (χ1v) is 8.06.